The Morgan fingerprint density at radius 1 is 1.35 bits per heavy atom. The second kappa shape index (κ2) is 6.94. The average Bonchev–Trinajstić information content (AvgIpc) is 2.90. The SMILES string of the molecule is CC(CC#N)N1CCCN(N(C)c2ncnc3[nH]ccc23)CC1. The van der Waals surface area contributed by atoms with E-state index in [1.807, 2.05) is 12.3 Å². The summed E-state index contributed by atoms with van der Waals surface area (Å²) in [5, 5.41) is 14.4. The van der Waals surface area contributed by atoms with Gasteiger partial charge < -0.3 is 4.98 Å². The minimum absolute atomic E-state index is 0.320. The zero-order valence-electron chi connectivity index (χ0n) is 13.7. The summed E-state index contributed by atoms with van der Waals surface area (Å²) < 4.78 is 0. The standard InChI is InChI=1S/C16H23N7/c1-13(4-6-17)22-8-3-9-23(11-10-22)21(2)16-14-5-7-18-15(14)19-12-20-16/h5,7,12-13H,3-4,8-11H2,1-2H3,(H,18,19,20). The molecule has 23 heavy (non-hydrogen) atoms. The predicted octanol–water partition coefficient (Wildman–Crippen LogP) is 1.62. The van der Waals surface area contributed by atoms with Crippen molar-refractivity contribution < 1.29 is 0 Å². The van der Waals surface area contributed by atoms with Gasteiger partial charge in [0.25, 0.3) is 0 Å². The van der Waals surface area contributed by atoms with Crippen LogP contribution in [0.3, 0.4) is 0 Å². The molecule has 0 amide bonds. The van der Waals surface area contributed by atoms with Gasteiger partial charge in [-0.25, -0.2) is 15.0 Å². The maximum absolute atomic E-state index is 8.89. The van der Waals surface area contributed by atoms with Gasteiger partial charge in [-0.1, -0.05) is 0 Å². The molecule has 1 atom stereocenters. The zero-order valence-corrected chi connectivity index (χ0v) is 13.7. The highest BCUT2D eigenvalue weighted by Crippen LogP contribution is 2.23. The lowest BCUT2D eigenvalue weighted by Gasteiger charge is -2.32. The van der Waals surface area contributed by atoms with E-state index >= 15 is 0 Å². The molecule has 3 rings (SSSR count). The largest absolute Gasteiger partial charge is 0.346 e. The van der Waals surface area contributed by atoms with Crippen LogP contribution in [-0.2, 0) is 0 Å². The van der Waals surface area contributed by atoms with Crippen molar-refractivity contribution in [3.05, 3.63) is 18.6 Å². The fourth-order valence-corrected chi connectivity index (χ4v) is 3.18. The van der Waals surface area contributed by atoms with Gasteiger partial charge in [-0.15, -0.1) is 0 Å². The van der Waals surface area contributed by atoms with Crippen LogP contribution in [0.25, 0.3) is 11.0 Å². The van der Waals surface area contributed by atoms with E-state index in [1.165, 1.54) is 0 Å². The fourth-order valence-electron chi connectivity index (χ4n) is 3.18. The Balaban J connectivity index is 1.72. The Hall–Kier alpha value is -2.17. The number of fused-ring (bicyclic) bond motifs is 1. The predicted molar refractivity (Wildman–Crippen MR) is 89.7 cm³/mol. The molecule has 7 heteroatoms. The fraction of sp³-hybridized carbons (Fsp3) is 0.562. The quantitative estimate of drug-likeness (QED) is 0.924. The molecule has 0 bridgehead atoms. The summed E-state index contributed by atoms with van der Waals surface area (Å²) in [7, 11) is 2.06. The molecule has 1 fully saturated rings. The lowest BCUT2D eigenvalue weighted by Crippen LogP contribution is -2.43. The molecule has 0 radical (unpaired) electrons. The minimum atomic E-state index is 0.320. The van der Waals surface area contributed by atoms with Gasteiger partial charge in [0.2, 0.25) is 0 Å². The second-order valence-corrected chi connectivity index (χ2v) is 6.02. The van der Waals surface area contributed by atoms with Crippen molar-refractivity contribution in [2.75, 3.05) is 38.2 Å². The van der Waals surface area contributed by atoms with Crippen LogP contribution in [0.2, 0.25) is 0 Å². The topological polar surface area (TPSA) is 75.1 Å². The monoisotopic (exact) mass is 313 g/mol. The number of nitrogens with one attached hydrogen (secondary N) is 1. The van der Waals surface area contributed by atoms with Crippen LogP contribution in [0.5, 0.6) is 0 Å². The van der Waals surface area contributed by atoms with Crippen molar-refractivity contribution in [3.8, 4) is 6.07 Å². The van der Waals surface area contributed by atoms with Gasteiger partial charge in [0.05, 0.1) is 17.9 Å². The van der Waals surface area contributed by atoms with Gasteiger partial charge in [-0.05, 0) is 26.0 Å². The summed E-state index contributed by atoms with van der Waals surface area (Å²) in [4.78, 5) is 14.3. The number of H-pyrrole nitrogens is 1. The number of hydrazine groups is 1. The van der Waals surface area contributed by atoms with Gasteiger partial charge >= 0.3 is 0 Å². The number of rotatable bonds is 4. The summed E-state index contributed by atoms with van der Waals surface area (Å²) >= 11 is 0. The second-order valence-electron chi connectivity index (χ2n) is 6.02. The van der Waals surface area contributed by atoms with Crippen molar-refractivity contribution in [3.63, 3.8) is 0 Å². The lowest BCUT2D eigenvalue weighted by atomic mass is 10.2. The van der Waals surface area contributed by atoms with Crippen molar-refractivity contribution in [2.24, 2.45) is 0 Å². The first kappa shape index (κ1) is 15.7. The van der Waals surface area contributed by atoms with Crippen molar-refractivity contribution in [1.29, 1.82) is 5.26 Å². The Kier molecular flexibility index (Phi) is 4.74. The summed E-state index contributed by atoms with van der Waals surface area (Å²) in [6, 6.07) is 4.61. The molecule has 122 valence electrons. The van der Waals surface area contributed by atoms with E-state index in [-0.39, 0.29) is 0 Å². The first-order chi connectivity index (χ1) is 11.2. The molecular formula is C16H23N7. The van der Waals surface area contributed by atoms with Gasteiger partial charge in [0, 0.05) is 38.9 Å². The van der Waals surface area contributed by atoms with E-state index in [9.17, 15) is 0 Å². The van der Waals surface area contributed by atoms with Crippen molar-refractivity contribution >= 4 is 16.9 Å². The molecule has 1 unspecified atom stereocenters. The molecule has 1 saturated heterocycles. The summed E-state index contributed by atoms with van der Waals surface area (Å²) in [5.41, 5.74) is 0.862. The molecule has 0 saturated carbocycles. The zero-order chi connectivity index (χ0) is 16.2. The number of aromatic nitrogens is 3. The third-order valence-electron chi connectivity index (χ3n) is 4.58. The highest BCUT2D eigenvalue weighted by atomic mass is 15.6. The van der Waals surface area contributed by atoms with E-state index in [2.05, 4.69) is 49.9 Å². The molecular weight excluding hydrogens is 290 g/mol. The summed E-state index contributed by atoms with van der Waals surface area (Å²) in [6.45, 7) is 6.06. The van der Waals surface area contributed by atoms with E-state index in [0.29, 0.717) is 12.5 Å². The Morgan fingerprint density at radius 3 is 3.04 bits per heavy atom. The van der Waals surface area contributed by atoms with Crippen LogP contribution in [0.4, 0.5) is 5.82 Å². The highest BCUT2D eigenvalue weighted by molar-refractivity contribution is 5.86. The maximum Gasteiger partial charge on any atom is 0.155 e. The molecule has 1 aliphatic heterocycles. The van der Waals surface area contributed by atoms with E-state index in [0.717, 1.165) is 49.5 Å². The molecule has 0 aliphatic carbocycles. The maximum atomic E-state index is 8.89. The molecule has 0 aromatic carbocycles. The normalized spacial score (nSPS) is 18.5. The Bertz CT molecular complexity index is 689. The first-order valence-corrected chi connectivity index (χ1v) is 8.08. The van der Waals surface area contributed by atoms with Crippen LogP contribution in [0.1, 0.15) is 19.8 Å². The van der Waals surface area contributed by atoms with E-state index in [1.54, 1.807) is 6.33 Å². The van der Waals surface area contributed by atoms with E-state index in [4.69, 9.17) is 5.26 Å². The van der Waals surface area contributed by atoms with Crippen molar-refractivity contribution in [1.82, 2.24) is 24.9 Å². The third kappa shape index (κ3) is 3.28. The number of hydrogen-bond donors (Lipinski definition) is 1. The van der Waals surface area contributed by atoms with Gasteiger partial charge in [-0.3, -0.25) is 9.91 Å². The Labute approximate surface area is 136 Å². The molecule has 1 aliphatic rings. The van der Waals surface area contributed by atoms with Crippen LogP contribution in [0.15, 0.2) is 18.6 Å². The summed E-state index contributed by atoms with van der Waals surface area (Å²) in [6.07, 6.45) is 5.17. The molecule has 1 N–H and O–H groups in total. The first-order valence-electron chi connectivity index (χ1n) is 8.08. The van der Waals surface area contributed by atoms with Crippen molar-refractivity contribution in [2.45, 2.75) is 25.8 Å². The summed E-state index contributed by atoms with van der Waals surface area (Å²) in [5.74, 6) is 0.926. The van der Waals surface area contributed by atoms with Crippen LogP contribution >= 0.6 is 0 Å². The van der Waals surface area contributed by atoms with Gasteiger partial charge in [-0.2, -0.15) is 5.26 Å². The lowest BCUT2D eigenvalue weighted by molar-refractivity contribution is 0.209. The number of anilines is 1. The van der Waals surface area contributed by atoms with Crippen LogP contribution < -0.4 is 5.01 Å². The molecule has 2 aromatic rings. The molecule has 7 nitrogen and oxygen atoms in total. The van der Waals surface area contributed by atoms with Crippen LogP contribution in [-0.4, -0.2) is 64.1 Å². The Morgan fingerprint density at radius 2 is 2.22 bits per heavy atom. The molecule has 3 heterocycles. The minimum Gasteiger partial charge on any atom is -0.346 e. The van der Waals surface area contributed by atoms with Gasteiger partial charge in [0.1, 0.15) is 12.0 Å². The average molecular weight is 313 g/mol. The van der Waals surface area contributed by atoms with Gasteiger partial charge in [0.15, 0.2) is 5.82 Å². The number of nitrogens with zero attached hydrogens (tertiary/aromatic N) is 6. The third-order valence-corrected chi connectivity index (χ3v) is 4.58. The van der Waals surface area contributed by atoms with E-state index < -0.39 is 0 Å². The number of aromatic amines is 1. The number of hydrogen-bond acceptors (Lipinski definition) is 6. The smallest absolute Gasteiger partial charge is 0.155 e. The molecule has 0 spiro atoms. The molecule has 2 aromatic heterocycles. The highest BCUT2D eigenvalue weighted by Gasteiger charge is 2.22. The van der Waals surface area contributed by atoms with Crippen LogP contribution in [0, 0.1) is 11.3 Å². The number of nitriles is 1.